The third kappa shape index (κ3) is 4.82. The molecule has 7 heteroatoms. The Morgan fingerprint density at radius 1 is 1.22 bits per heavy atom. The molecule has 0 unspecified atom stereocenters. The van der Waals surface area contributed by atoms with Crippen LogP contribution < -0.4 is 5.32 Å². The van der Waals surface area contributed by atoms with E-state index in [9.17, 15) is 4.79 Å². The SMILES string of the molecule is CCC(CC)CN1CCC(Nc2ccn(C)n2)(C(=O)N2CCOCC2)CC1. The third-order valence-corrected chi connectivity index (χ3v) is 6.17. The molecule has 1 aromatic rings. The van der Waals surface area contributed by atoms with E-state index >= 15 is 0 Å². The second-order valence-electron chi connectivity index (χ2n) is 7.97. The summed E-state index contributed by atoms with van der Waals surface area (Å²) in [5, 5.41) is 7.99. The zero-order chi connectivity index (χ0) is 19.3. The first-order valence-corrected chi connectivity index (χ1v) is 10.4. The Hall–Kier alpha value is -1.60. The van der Waals surface area contributed by atoms with Gasteiger partial charge in [-0.1, -0.05) is 26.7 Å². The van der Waals surface area contributed by atoms with Crippen LogP contribution in [0.3, 0.4) is 0 Å². The number of aryl methyl sites for hydroxylation is 1. The van der Waals surface area contributed by atoms with Gasteiger partial charge in [0, 0.05) is 52.0 Å². The number of hydrogen-bond acceptors (Lipinski definition) is 5. The highest BCUT2D eigenvalue weighted by Gasteiger charge is 2.44. The molecule has 0 bridgehead atoms. The molecule has 152 valence electrons. The van der Waals surface area contributed by atoms with E-state index in [0.29, 0.717) is 26.3 Å². The molecular formula is C20H35N5O2. The Labute approximate surface area is 163 Å². The van der Waals surface area contributed by atoms with Crippen molar-refractivity contribution in [2.75, 3.05) is 51.3 Å². The van der Waals surface area contributed by atoms with Crippen LogP contribution >= 0.6 is 0 Å². The first-order valence-electron chi connectivity index (χ1n) is 10.4. The van der Waals surface area contributed by atoms with Crippen molar-refractivity contribution in [2.24, 2.45) is 13.0 Å². The number of piperidine rings is 1. The molecule has 2 saturated heterocycles. The van der Waals surface area contributed by atoms with E-state index < -0.39 is 5.54 Å². The first-order chi connectivity index (χ1) is 13.1. The number of rotatable bonds is 7. The summed E-state index contributed by atoms with van der Waals surface area (Å²) >= 11 is 0. The average molecular weight is 378 g/mol. The summed E-state index contributed by atoms with van der Waals surface area (Å²) in [6.45, 7) is 10.2. The maximum Gasteiger partial charge on any atom is 0.248 e. The minimum Gasteiger partial charge on any atom is -0.378 e. The highest BCUT2D eigenvalue weighted by atomic mass is 16.5. The van der Waals surface area contributed by atoms with E-state index in [-0.39, 0.29) is 5.91 Å². The number of likely N-dealkylation sites (tertiary alicyclic amines) is 1. The first kappa shape index (κ1) is 20.1. The fourth-order valence-corrected chi connectivity index (χ4v) is 4.22. The molecule has 0 saturated carbocycles. The molecule has 2 fully saturated rings. The van der Waals surface area contributed by atoms with Gasteiger partial charge < -0.3 is 19.9 Å². The lowest BCUT2D eigenvalue weighted by molar-refractivity contribution is -0.142. The number of hydrogen-bond donors (Lipinski definition) is 1. The smallest absolute Gasteiger partial charge is 0.248 e. The van der Waals surface area contributed by atoms with Crippen molar-refractivity contribution in [1.29, 1.82) is 0 Å². The third-order valence-electron chi connectivity index (χ3n) is 6.17. The molecule has 27 heavy (non-hydrogen) atoms. The van der Waals surface area contributed by atoms with Crippen LogP contribution in [0.4, 0.5) is 5.82 Å². The van der Waals surface area contributed by atoms with Gasteiger partial charge in [0.25, 0.3) is 0 Å². The summed E-state index contributed by atoms with van der Waals surface area (Å²) < 4.78 is 7.21. The number of carbonyl (C=O) groups excluding carboxylic acids is 1. The van der Waals surface area contributed by atoms with Crippen LogP contribution in [0, 0.1) is 5.92 Å². The summed E-state index contributed by atoms with van der Waals surface area (Å²) in [5.41, 5.74) is -0.559. The number of nitrogens with zero attached hydrogens (tertiary/aromatic N) is 4. The van der Waals surface area contributed by atoms with E-state index in [1.165, 1.54) is 12.8 Å². The lowest BCUT2D eigenvalue weighted by Gasteiger charge is -2.44. The fourth-order valence-electron chi connectivity index (χ4n) is 4.22. The minimum atomic E-state index is -0.559. The zero-order valence-corrected chi connectivity index (χ0v) is 17.1. The predicted octanol–water partition coefficient (Wildman–Crippen LogP) is 1.96. The molecule has 1 amide bonds. The second kappa shape index (κ2) is 9.06. The monoisotopic (exact) mass is 377 g/mol. The molecule has 2 aliphatic rings. The number of aromatic nitrogens is 2. The maximum absolute atomic E-state index is 13.5. The van der Waals surface area contributed by atoms with Crippen LogP contribution in [-0.4, -0.2) is 77.0 Å². The largest absolute Gasteiger partial charge is 0.378 e. The van der Waals surface area contributed by atoms with Gasteiger partial charge in [-0.15, -0.1) is 0 Å². The summed E-state index contributed by atoms with van der Waals surface area (Å²) in [4.78, 5) is 18.0. The van der Waals surface area contributed by atoms with Crippen LogP contribution in [0.1, 0.15) is 39.5 Å². The van der Waals surface area contributed by atoms with Crippen molar-refractivity contribution >= 4 is 11.7 Å². The molecule has 2 aliphatic heterocycles. The van der Waals surface area contributed by atoms with Crippen molar-refractivity contribution in [2.45, 2.75) is 45.1 Å². The second-order valence-corrected chi connectivity index (χ2v) is 7.97. The van der Waals surface area contributed by atoms with E-state index in [4.69, 9.17) is 4.74 Å². The van der Waals surface area contributed by atoms with Crippen LogP contribution in [0.15, 0.2) is 12.3 Å². The van der Waals surface area contributed by atoms with Gasteiger partial charge in [0.2, 0.25) is 5.91 Å². The zero-order valence-electron chi connectivity index (χ0n) is 17.1. The maximum atomic E-state index is 13.5. The van der Waals surface area contributed by atoms with E-state index in [0.717, 1.165) is 44.2 Å². The van der Waals surface area contributed by atoms with Gasteiger partial charge in [0.05, 0.1) is 13.2 Å². The Morgan fingerprint density at radius 3 is 2.44 bits per heavy atom. The van der Waals surface area contributed by atoms with Crippen LogP contribution in [0.2, 0.25) is 0 Å². The number of carbonyl (C=O) groups is 1. The highest BCUT2D eigenvalue weighted by molar-refractivity contribution is 5.89. The lowest BCUT2D eigenvalue weighted by Crippen LogP contribution is -2.61. The summed E-state index contributed by atoms with van der Waals surface area (Å²) in [7, 11) is 1.90. The van der Waals surface area contributed by atoms with Crippen LogP contribution in [-0.2, 0) is 16.6 Å². The molecule has 1 N–H and O–H groups in total. The van der Waals surface area contributed by atoms with Crippen molar-refractivity contribution in [3.63, 3.8) is 0 Å². The molecule has 0 atom stereocenters. The Balaban J connectivity index is 1.72. The molecule has 1 aromatic heterocycles. The van der Waals surface area contributed by atoms with Gasteiger partial charge in [-0.2, -0.15) is 5.10 Å². The molecule has 0 aromatic carbocycles. The summed E-state index contributed by atoms with van der Waals surface area (Å²) in [6, 6.07) is 1.95. The number of morpholine rings is 1. The van der Waals surface area contributed by atoms with Crippen molar-refractivity contribution < 1.29 is 9.53 Å². The summed E-state index contributed by atoms with van der Waals surface area (Å²) in [5.74, 6) is 1.74. The Kier molecular flexibility index (Phi) is 6.76. The summed E-state index contributed by atoms with van der Waals surface area (Å²) in [6.07, 6.45) is 5.99. The van der Waals surface area contributed by atoms with Gasteiger partial charge in [0.1, 0.15) is 11.4 Å². The Bertz CT molecular complexity index is 599. The van der Waals surface area contributed by atoms with Gasteiger partial charge in [-0.3, -0.25) is 9.48 Å². The van der Waals surface area contributed by atoms with E-state index in [1.807, 2.05) is 24.2 Å². The highest BCUT2D eigenvalue weighted by Crippen LogP contribution is 2.30. The van der Waals surface area contributed by atoms with E-state index in [1.54, 1.807) is 4.68 Å². The van der Waals surface area contributed by atoms with Gasteiger partial charge in [-0.25, -0.2) is 0 Å². The van der Waals surface area contributed by atoms with Crippen LogP contribution in [0.25, 0.3) is 0 Å². The topological polar surface area (TPSA) is 62.6 Å². The molecule has 7 nitrogen and oxygen atoms in total. The standard InChI is InChI=1S/C20H35N5O2/c1-4-17(5-2)16-24-10-7-20(8-11-24,21-18-6-9-23(3)22-18)19(26)25-12-14-27-15-13-25/h6,9,17H,4-5,7-8,10-16H2,1-3H3,(H,21,22). The van der Waals surface area contributed by atoms with Crippen molar-refractivity contribution in [3.8, 4) is 0 Å². The lowest BCUT2D eigenvalue weighted by atomic mass is 9.85. The quantitative estimate of drug-likeness (QED) is 0.787. The van der Waals surface area contributed by atoms with Crippen molar-refractivity contribution in [3.05, 3.63) is 12.3 Å². The molecule has 0 radical (unpaired) electrons. The van der Waals surface area contributed by atoms with Crippen molar-refractivity contribution in [1.82, 2.24) is 19.6 Å². The fraction of sp³-hybridized carbons (Fsp3) is 0.800. The van der Waals surface area contributed by atoms with E-state index in [2.05, 4.69) is 29.2 Å². The molecule has 3 heterocycles. The number of amides is 1. The molecular weight excluding hydrogens is 342 g/mol. The van der Waals surface area contributed by atoms with Crippen LogP contribution in [0.5, 0.6) is 0 Å². The van der Waals surface area contributed by atoms with Gasteiger partial charge >= 0.3 is 0 Å². The number of anilines is 1. The van der Waals surface area contributed by atoms with Gasteiger partial charge in [0.15, 0.2) is 0 Å². The minimum absolute atomic E-state index is 0.207. The number of ether oxygens (including phenoxy) is 1. The number of nitrogens with one attached hydrogen (secondary N) is 1. The predicted molar refractivity (Wildman–Crippen MR) is 107 cm³/mol. The Morgan fingerprint density at radius 2 is 1.89 bits per heavy atom. The molecule has 0 aliphatic carbocycles. The normalized spacial score (nSPS) is 20.8. The molecule has 3 rings (SSSR count). The average Bonchev–Trinajstić information content (AvgIpc) is 3.12. The molecule has 0 spiro atoms. The van der Waals surface area contributed by atoms with Gasteiger partial charge in [-0.05, 0) is 18.8 Å².